The molecule has 2 heterocycles. The molecule has 2 aromatic heterocycles. The number of aryl methyl sites for hydroxylation is 2. The van der Waals surface area contributed by atoms with Gasteiger partial charge in [0.2, 0.25) is 0 Å². The van der Waals surface area contributed by atoms with E-state index in [4.69, 9.17) is 5.73 Å². The fraction of sp³-hybridized carbons (Fsp3) is 0.0870. The van der Waals surface area contributed by atoms with E-state index in [0.717, 1.165) is 24.0 Å². The summed E-state index contributed by atoms with van der Waals surface area (Å²) in [5, 5.41) is 8.21. The Morgan fingerprint density at radius 2 is 1.36 bits per heavy atom. The van der Waals surface area contributed by atoms with Gasteiger partial charge in [0, 0.05) is 46.2 Å². The first-order valence-corrected chi connectivity index (χ1v) is 17.4. The van der Waals surface area contributed by atoms with Crippen molar-refractivity contribution in [3.63, 3.8) is 0 Å². The molecule has 4 heteroatoms. The fourth-order valence-electron chi connectivity index (χ4n) is 8.12. The standard InChI is InChI=1S/C46H38N4/c1-3-10-33(29-47)31-17-22-44-41(26-31)38-20-19-36-37(46(38)50(44)35-13-8-5-9-14-35)18-16-32-27-42-40-25-30(23-24-48-2)15-21-43(40)49(45(42)28-39(32)36)34-11-6-4-7-12-34/h3-15,17,19-29,48H,16,18,47H2,1-2H3/b10-3-,24-23?,33-29+. The zero-order chi connectivity index (χ0) is 33.8. The van der Waals surface area contributed by atoms with Crippen LogP contribution in [0.25, 0.3) is 77.8 Å². The zero-order valence-electron chi connectivity index (χ0n) is 28.3. The Labute approximate surface area is 292 Å². The lowest BCUT2D eigenvalue weighted by atomic mass is 9.83. The quantitative estimate of drug-likeness (QED) is 0.177. The molecule has 8 aromatic rings. The minimum atomic E-state index is 0.973. The topological polar surface area (TPSA) is 47.9 Å². The highest BCUT2D eigenvalue weighted by molar-refractivity contribution is 6.14. The van der Waals surface area contributed by atoms with Gasteiger partial charge in [-0.15, -0.1) is 0 Å². The third kappa shape index (κ3) is 4.60. The van der Waals surface area contributed by atoms with Gasteiger partial charge in [0.15, 0.2) is 0 Å². The van der Waals surface area contributed by atoms with Crippen molar-refractivity contribution in [1.82, 2.24) is 14.5 Å². The van der Waals surface area contributed by atoms with Crippen LogP contribution in [0.2, 0.25) is 0 Å². The Bertz CT molecular complexity index is 2690. The average molecular weight is 647 g/mol. The summed E-state index contributed by atoms with van der Waals surface area (Å²) < 4.78 is 4.90. The first-order valence-electron chi connectivity index (χ1n) is 17.4. The molecule has 3 N–H and O–H groups in total. The number of nitrogens with one attached hydrogen (secondary N) is 1. The first-order chi connectivity index (χ1) is 24.7. The predicted octanol–water partition coefficient (Wildman–Crippen LogP) is 10.7. The van der Waals surface area contributed by atoms with Gasteiger partial charge in [-0.3, -0.25) is 0 Å². The molecule has 0 saturated heterocycles. The zero-order valence-corrected chi connectivity index (χ0v) is 28.3. The number of hydrogen-bond acceptors (Lipinski definition) is 2. The van der Waals surface area contributed by atoms with Crippen LogP contribution in [0.4, 0.5) is 0 Å². The third-order valence-corrected chi connectivity index (χ3v) is 10.3. The molecule has 4 nitrogen and oxygen atoms in total. The molecule has 9 rings (SSSR count). The number of benzene rings is 6. The highest BCUT2D eigenvalue weighted by Crippen LogP contribution is 2.45. The number of allylic oxidation sites excluding steroid dienone is 3. The van der Waals surface area contributed by atoms with Gasteiger partial charge in [-0.05, 0) is 132 Å². The molecule has 0 fully saturated rings. The summed E-state index contributed by atoms with van der Waals surface area (Å²) in [5.74, 6) is 0. The second-order valence-electron chi connectivity index (χ2n) is 13.1. The monoisotopic (exact) mass is 646 g/mol. The molecule has 0 atom stereocenters. The van der Waals surface area contributed by atoms with Crippen LogP contribution in [0.15, 0.2) is 146 Å². The second kappa shape index (κ2) is 12.0. The summed E-state index contributed by atoms with van der Waals surface area (Å²) in [7, 11) is 1.94. The highest BCUT2D eigenvalue weighted by Gasteiger charge is 2.25. The SMILES string of the molecule is C/C=C\C(=C/N)c1ccc2c(c1)c1ccc3c(c1n2-c1ccccc1)CCc1cc2c4cc(C=CNC)ccc4n(-c4ccccc4)c2cc1-3. The van der Waals surface area contributed by atoms with Crippen LogP contribution in [0.3, 0.4) is 0 Å². The van der Waals surface area contributed by atoms with E-state index in [9.17, 15) is 0 Å². The van der Waals surface area contributed by atoms with Crippen molar-refractivity contribution in [1.29, 1.82) is 0 Å². The van der Waals surface area contributed by atoms with Crippen molar-refractivity contribution >= 4 is 55.3 Å². The molecule has 1 aliphatic rings. The molecular formula is C46H38N4. The van der Waals surface area contributed by atoms with Crippen molar-refractivity contribution in [3.8, 4) is 22.5 Å². The van der Waals surface area contributed by atoms with Gasteiger partial charge >= 0.3 is 0 Å². The van der Waals surface area contributed by atoms with Gasteiger partial charge in [0.05, 0.1) is 22.1 Å². The molecule has 1 aliphatic carbocycles. The lowest BCUT2D eigenvalue weighted by molar-refractivity contribution is 0.944. The van der Waals surface area contributed by atoms with Gasteiger partial charge in [-0.1, -0.05) is 72.8 Å². The normalized spacial score (nSPS) is 13.3. The minimum Gasteiger partial charge on any atom is -0.404 e. The molecule has 0 amide bonds. The fourth-order valence-corrected chi connectivity index (χ4v) is 8.12. The predicted molar refractivity (Wildman–Crippen MR) is 213 cm³/mol. The maximum Gasteiger partial charge on any atom is 0.0579 e. The Kier molecular flexibility index (Phi) is 7.17. The molecule has 0 aliphatic heterocycles. The van der Waals surface area contributed by atoms with Crippen molar-refractivity contribution in [3.05, 3.63) is 168 Å². The summed E-state index contributed by atoms with van der Waals surface area (Å²) in [5.41, 5.74) is 22.1. The number of nitrogens with two attached hydrogens (primary N) is 1. The molecular weight excluding hydrogens is 609 g/mol. The third-order valence-electron chi connectivity index (χ3n) is 10.3. The van der Waals surface area contributed by atoms with Gasteiger partial charge in [0.1, 0.15) is 0 Å². The Balaban J connectivity index is 1.33. The molecule has 242 valence electrons. The Morgan fingerprint density at radius 3 is 2.10 bits per heavy atom. The van der Waals surface area contributed by atoms with E-state index in [-0.39, 0.29) is 0 Å². The largest absolute Gasteiger partial charge is 0.404 e. The van der Waals surface area contributed by atoms with Crippen LogP contribution >= 0.6 is 0 Å². The molecule has 0 unspecified atom stereocenters. The molecule has 50 heavy (non-hydrogen) atoms. The van der Waals surface area contributed by atoms with Crippen molar-refractivity contribution < 1.29 is 0 Å². The number of para-hydroxylation sites is 2. The maximum atomic E-state index is 6.09. The number of fused-ring (bicyclic) bond motifs is 10. The van der Waals surface area contributed by atoms with Crippen LogP contribution in [-0.2, 0) is 12.8 Å². The summed E-state index contributed by atoms with van der Waals surface area (Å²) in [6, 6.07) is 44.7. The minimum absolute atomic E-state index is 0.973. The van der Waals surface area contributed by atoms with Crippen LogP contribution in [0.5, 0.6) is 0 Å². The van der Waals surface area contributed by atoms with Crippen LogP contribution in [0.1, 0.15) is 29.2 Å². The molecule has 6 aromatic carbocycles. The molecule has 0 bridgehead atoms. The van der Waals surface area contributed by atoms with Crippen molar-refractivity contribution in [2.75, 3.05) is 7.05 Å². The van der Waals surface area contributed by atoms with E-state index < -0.39 is 0 Å². The molecule has 0 spiro atoms. The van der Waals surface area contributed by atoms with Crippen molar-refractivity contribution in [2.45, 2.75) is 19.8 Å². The Morgan fingerprint density at radius 1 is 0.660 bits per heavy atom. The van der Waals surface area contributed by atoms with Crippen molar-refractivity contribution in [2.24, 2.45) is 5.73 Å². The van der Waals surface area contributed by atoms with E-state index in [1.807, 2.05) is 26.2 Å². The van der Waals surface area contributed by atoms with E-state index in [2.05, 4.69) is 148 Å². The van der Waals surface area contributed by atoms with E-state index in [0.29, 0.717) is 0 Å². The Hall–Kier alpha value is -6.26. The number of hydrogen-bond donors (Lipinski definition) is 2. The van der Waals surface area contributed by atoms with Gasteiger partial charge in [-0.25, -0.2) is 0 Å². The van der Waals surface area contributed by atoms with Gasteiger partial charge < -0.3 is 20.2 Å². The van der Waals surface area contributed by atoms with Crippen LogP contribution in [0, 0.1) is 0 Å². The van der Waals surface area contributed by atoms with Crippen LogP contribution in [-0.4, -0.2) is 16.2 Å². The summed E-state index contributed by atoms with van der Waals surface area (Å²) in [6.07, 6.45) is 11.9. The lowest BCUT2D eigenvalue weighted by Gasteiger charge is -2.23. The van der Waals surface area contributed by atoms with E-state index in [1.165, 1.54) is 82.8 Å². The summed E-state index contributed by atoms with van der Waals surface area (Å²) >= 11 is 0. The summed E-state index contributed by atoms with van der Waals surface area (Å²) in [6.45, 7) is 2.03. The van der Waals surface area contributed by atoms with Crippen LogP contribution < -0.4 is 11.1 Å². The second-order valence-corrected chi connectivity index (χ2v) is 13.1. The lowest BCUT2D eigenvalue weighted by Crippen LogP contribution is -2.07. The van der Waals surface area contributed by atoms with E-state index >= 15 is 0 Å². The summed E-state index contributed by atoms with van der Waals surface area (Å²) in [4.78, 5) is 0. The number of nitrogens with zero attached hydrogens (tertiary/aromatic N) is 2. The number of aromatic nitrogens is 2. The highest BCUT2D eigenvalue weighted by atomic mass is 15.0. The number of rotatable bonds is 6. The van der Waals surface area contributed by atoms with E-state index in [1.54, 1.807) is 6.20 Å². The van der Waals surface area contributed by atoms with Gasteiger partial charge in [0.25, 0.3) is 0 Å². The molecule has 0 radical (unpaired) electrons. The maximum absolute atomic E-state index is 6.09. The smallest absolute Gasteiger partial charge is 0.0579 e. The molecule has 0 saturated carbocycles. The average Bonchev–Trinajstić information content (AvgIpc) is 3.67. The van der Waals surface area contributed by atoms with Gasteiger partial charge in [-0.2, -0.15) is 0 Å². The first kappa shape index (κ1) is 29.8.